The van der Waals surface area contributed by atoms with E-state index < -0.39 is 0 Å². The molecular formula is C27H22N8O2. The number of aromatic amines is 2. The number of nitrogens with two attached hydrogens (primary N) is 1. The van der Waals surface area contributed by atoms with Crippen molar-refractivity contribution < 1.29 is 9.90 Å². The van der Waals surface area contributed by atoms with Gasteiger partial charge in [0.2, 0.25) is 0 Å². The lowest BCUT2D eigenvalue weighted by Crippen LogP contribution is -2.31. The fourth-order valence-corrected chi connectivity index (χ4v) is 5.48. The molecule has 3 aromatic heterocycles. The van der Waals surface area contributed by atoms with Crippen LogP contribution in [0.5, 0.6) is 5.75 Å². The van der Waals surface area contributed by atoms with Crippen LogP contribution in [0.15, 0.2) is 67.3 Å². The van der Waals surface area contributed by atoms with Crippen LogP contribution in [0.2, 0.25) is 0 Å². The molecule has 0 bridgehead atoms. The summed E-state index contributed by atoms with van der Waals surface area (Å²) in [5.41, 5.74) is 10.8. The maximum absolute atomic E-state index is 13.8. The number of nitrogens with one attached hydrogen (secondary N) is 3. The summed E-state index contributed by atoms with van der Waals surface area (Å²) in [6, 6.07) is 16.6. The predicted octanol–water partition coefficient (Wildman–Crippen LogP) is 3.61. The summed E-state index contributed by atoms with van der Waals surface area (Å²) in [6.45, 7) is 0.893. The fourth-order valence-electron chi connectivity index (χ4n) is 5.48. The number of rotatable bonds is 3. The molecule has 0 saturated carbocycles. The number of aromatic hydroxyl groups is 1. The number of hydrogen-bond donors (Lipinski definition) is 5. The maximum Gasteiger partial charge on any atom is 0.274 e. The number of nitrogens with zero attached hydrogens (tertiary/aromatic N) is 4. The van der Waals surface area contributed by atoms with Crippen molar-refractivity contribution in [1.29, 1.82) is 5.41 Å². The number of phenolic OH excluding ortho intramolecular Hbond substituents is 1. The number of amides is 1. The summed E-state index contributed by atoms with van der Waals surface area (Å²) in [5, 5.41) is 21.4. The van der Waals surface area contributed by atoms with Crippen molar-refractivity contribution in [3.05, 3.63) is 84.0 Å². The van der Waals surface area contributed by atoms with Crippen LogP contribution in [-0.4, -0.2) is 42.1 Å². The van der Waals surface area contributed by atoms with Crippen LogP contribution in [0, 0.1) is 5.41 Å². The van der Waals surface area contributed by atoms with Crippen molar-refractivity contribution >= 4 is 50.1 Å². The third-order valence-corrected chi connectivity index (χ3v) is 7.14. The first-order valence-electron chi connectivity index (χ1n) is 11.9. The van der Waals surface area contributed by atoms with Gasteiger partial charge < -0.3 is 30.3 Å². The molecule has 1 aliphatic heterocycles. The lowest BCUT2D eigenvalue weighted by molar-refractivity contribution is 0.0984. The van der Waals surface area contributed by atoms with Gasteiger partial charge in [-0.05, 0) is 35.2 Å². The van der Waals surface area contributed by atoms with E-state index in [1.807, 2.05) is 41.0 Å². The number of imidazole rings is 1. The van der Waals surface area contributed by atoms with Crippen molar-refractivity contribution in [2.75, 3.05) is 17.2 Å². The highest BCUT2D eigenvalue weighted by Gasteiger charge is 2.36. The molecule has 1 aliphatic rings. The number of fused-ring (bicyclic) bond motifs is 5. The van der Waals surface area contributed by atoms with Gasteiger partial charge >= 0.3 is 0 Å². The highest BCUT2D eigenvalue weighted by Crippen LogP contribution is 2.46. The number of H-pyrrole nitrogens is 2. The topological polar surface area (TPSA) is 153 Å². The molecule has 3 aromatic carbocycles. The lowest BCUT2D eigenvalue weighted by Gasteiger charge is -2.18. The smallest absolute Gasteiger partial charge is 0.274 e. The SMILES string of the molecule is N=c1ncn(C[C@@H]2CN(C(=O)c3cc4cc(N)ccc4[nH]3)c3cc(O)c4ccccc4c32)c2nc[nH]c12. The van der Waals surface area contributed by atoms with Crippen LogP contribution in [0.3, 0.4) is 0 Å². The quantitative estimate of drug-likeness (QED) is 0.240. The van der Waals surface area contributed by atoms with Crippen LogP contribution in [-0.2, 0) is 6.54 Å². The first-order valence-corrected chi connectivity index (χ1v) is 11.9. The second-order valence-corrected chi connectivity index (χ2v) is 9.36. The van der Waals surface area contributed by atoms with E-state index in [2.05, 4.69) is 19.9 Å². The van der Waals surface area contributed by atoms with Gasteiger partial charge in [0.25, 0.3) is 5.91 Å². The molecule has 0 saturated heterocycles. The van der Waals surface area contributed by atoms with Crippen molar-refractivity contribution in [3.8, 4) is 5.75 Å². The number of hydrogen-bond acceptors (Lipinski definition) is 6. The third kappa shape index (κ3) is 3.19. The first-order chi connectivity index (χ1) is 18.0. The molecule has 7 rings (SSSR count). The monoisotopic (exact) mass is 490 g/mol. The number of carbonyl (C=O) groups excluding carboxylic acids is 1. The second kappa shape index (κ2) is 7.69. The minimum atomic E-state index is -0.192. The van der Waals surface area contributed by atoms with Crippen molar-refractivity contribution in [2.24, 2.45) is 0 Å². The summed E-state index contributed by atoms with van der Waals surface area (Å²) < 4.78 is 1.90. The molecule has 0 fully saturated rings. The third-order valence-electron chi connectivity index (χ3n) is 7.14. The van der Waals surface area contributed by atoms with Gasteiger partial charge in [-0.15, -0.1) is 0 Å². The number of phenols is 1. The molecule has 37 heavy (non-hydrogen) atoms. The molecule has 6 N–H and O–H groups in total. The maximum atomic E-state index is 13.8. The number of aromatic nitrogens is 5. The molecule has 0 unspecified atom stereocenters. The predicted molar refractivity (Wildman–Crippen MR) is 140 cm³/mol. The Morgan fingerprint density at radius 3 is 2.84 bits per heavy atom. The molecule has 1 amide bonds. The highest BCUT2D eigenvalue weighted by molar-refractivity contribution is 6.11. The Bertz CT molecular complexity index is 1930. The van der Waals surface area contributed by atoms with E-state index in [4.69, 9.17) is 11.1 Å². The van der Waals surface area contributed by atoms with E-state index in [1.165, 1.54) is 0 Å². The Balaban J connectivity index is 1.37. The minimum Gasteiger partial charge on any atom is -0.507 e. The number of carbonyl (C=O) groups is 1. The van der Waals surface area contributed by atoms with E-state index in [1.54, 1.807) is 35.8 Å². The Kier molecular flexibility index (Phi) is 4.40. The molecule has 10 heteroatoms. The van der Waals surface area contributed by atoms with Crippen LogP contribution < -0.4 is 16.1 Å². The van der Waals surface area contributed by atoms with E-state index in [0.717, 1.165) is 27.2 Å². The van der Waals surface area contributed by atoms with Crippen LogP contribution in [0.1, 0.15) is 22.0 Å². The molecule has 0 aliphatic carbocycles. The van der Waals surface area contributed by atoms with Gasteiger partial charge in [0.15, 0.2) is 11.1 Å². The number of nitrogen functional groups attached to an aromatic ring is 1. The largest absolute Gasteiger partial charge is 0.507 e. The Morgan fingerprint density at radius 1 is 1.14 bits per heavy atom. The van der Waals surface area contributed by atoms with E-state index in [0.29, 0.717) is 41.3 Å². The van der Waals surface area contributed by atoms with Crippen LogP contribution in [0.25, 0.3) is 32.8 Å². The summed E-state index contributed by atoms with van der Waals surface area (Å²) >= 11 is 0. The van der Waals surface area contributed by atoms with E-state index in [9.17, 15) is 9.90 Å². The average Bonchev–Trinajstić information content (AvgIpc) is 3.63. The van der Waals surface area contributed by atoms with Crippen molar-refractivity contribution in [1.82, 2.24) is 24.5 Å². The first kappa shape index (κ1) is 21.2. The fraction of sp³-hybridized carbons (Fsp3) is 0.111. The van der Waals surface area contributed by atoms with Crippen molar-refractivity contribution in [2.45, 2.75) is 12.5 Å². The Morgan fingerprint density at radius 2 is 1.97 bits per heavy atom. The van der Waals surface area contributed by atoms with Crippen molar-refractivity contribution in [3.63, 3.8) is 0 Å². The molecule has 0 spiro atoms. The zero-order chi connectivity index (χ0) is 25.3. The van der Waals surface area contributed by atoms with Gasteiger partial charge in [-0.3, -0.25) is 10.2 Å². The Hall–Kier alpha value is -5.12. The Labute approximate surface area is 209 Å². The molecule has 0 radical (unpaired) electrons. The second-order valence-electron chi connectivity index (χ2n) is 9.36. The van der Waals surface area contributed by atoms with Gasteiger partial charge in [-0.1, -0.05) is 24.3 Å². The van der Waals surface area contributed by atoms with Gasteiger partial charge in [0, 0.05) is 47.1 Å². The average molecular weight is 491 g/mol. The molecule has 1 atom stereocenters. The van der Waals surface area contributed by atoms with Gasteiger partial charge in [0.05, 0.1) is 18.3 Å². The molecule has 182 valence electrons. The zero-order valence-corrected chi connectivity index (χ0v) is 19.6. The lowest BCUT2D eigenvalue weighted by atomic mass is 9.94. The van der Waals surface area contributed by atoms with E-state index in [-0.39, 0.29) is 23.1 Å². The standard InChI is InChI=1S/C27H22N8O2/c28-16-5-6-19-14(7-16)8-20(33-19)27(37)35-11-15(10-34-13-32-25(29)24-26(34)31-12-30-24)23-18-4-2-1-3-17(18)22(36)9-21(23)35/h1-9,12-13,15,29,33,36H,10-11,28H2,(H,30,31)/t15-/m1/s1. The summed E-state index contributed by atoms with van der Waals surface area (Å²) in [4.78, 5) is 30.4. The van der Waals surface area contributed by atoms with Crippen LogP contribution in [0.4, 0.5) is 11.4 Å². The molecule has 10 nitrogen and oxygen atoms in total. The van der Waals surface area contributed by atoms with Crippen LogP contribution >= 0.6 is 0 Å². The normalized spacial score (nSPS) is 15.1. The molecule has 4 heterocycles. The summed E-state index contributed by atoms with van der Waals surface area (Å²) in [7, 11) is 0. The molecular weight excluding hydrogens is 468 g/mol. The number of benzene rings is 3. The van der Waals surface area contributed by atoms with Gasteiger partial charge in [-0.2, -0.15) is 0 Å². The van der Waals surface area contributed by atoms with Gasteiger partial charge in [0.1, 0.15) is 17.0 Å². The summed E-state index contributed by atoms with van der Waals surface area (Å²) in [6.07, 6.45) is 3.16. The van der Waals surface area contributed by atoms with Gasteiger partial charge in [-0.25, -0.2) is 9.97 Å². The minimum absolute atomic E-state index is 0.104. The molecule has 6 aromatic rings. The highest BCUT2D eigenvalue weighted by atomic mass is 16.3. The van der Waals surface area contributed by atoms with E-state index >= 15 is 0 Å². The zero-order valence-electron chi connectivity index (χ0n) is 19.6. The number of anilines is 2. The summed E-state index contributed by atoms with van der Waals surface area (Å²) in [5.74, 6) is -0.171.